The highest BCUT2D eigenvalue weighted by atomic mass is 16.4. The third kappa shape index (κ3) is 4.77. The summed E-state index contributed by atoms with van der Waals surface area (Å²) in [6.07, 6.45) is 0. The normalized spacial score (nSPS) is 9.17. The minimum Gasteiger partial charge on any atom is -0.478 e. The molecule has 3 N–H and O–H groups in total. The molecule has 0 bridgehead atoms. The molecule has 5 nitrogen and oxygen atoms in total. The average molecular weight is 252 g/mol. The van der Waals surface area contributed by atoms with Gasteiger partial charge in [0.1, 0.15) is 0 Å². The van der Waals surface area contributed by atoms with E-state index in [0.29, 0.717) is 5.56 Å². The number of carboxylic acid groups (broad SMARTS) is 1. The summed E-state index contributed by atoms with van der Waals surface area (Å²) in [6.45, 7) is 7.66. The van der Waals surface area contributed by atoms with E-state index in [4.69, 9.17) is 15.2 Å². The van der Waals surface area contributed by atoms with Gasteiger partial charge < -0.3 is 20.1 Å². The summed E-state index contributed by atoms with van der Waals surface area (Å²) < 4.78 is 0. The molecule has 0 aliphatic rings. The average Bonchev–Trinajstić information content (AvgIpc) is 2.31. The second kappa shape index (κ2) is 8.55. The Hall–Kier alpha value is -1.53. The van der Waals surface area contributed by atoms with Gasteiger partial charge in [-0.1, -0.05) is 6.07 Å². The summed E-state index contributed by atoms with van der Waals surface area (Å²) in [5, 5.41) is 23.1. The highest BCUT2D eigenvalue weighted by molar-refractivity contribution is 6.13. The molecule has 0 atom stereocenters. The van der Waals surface area contributed by atoms with Crippen LogP contribution in [0.1, 0.15) is 29.8 Å². The second-order valence-corrected chi connectivity index (χ2v) is 3.61. The molecule has 0 aliphatic carbocycles. The maximum absolute atomic E-state index is 11.0. The molecule has 99 valence electrons. The predicted molar refractivity (Wildman–Crippen MR) is 71.9 cm³/mol. The van der Waals surface area contributed by atoms with Crippen molar-refractivity contribution in [3.05, 3.63) is 29.3 Å². The number of rotatable bonds is 4. The molecule has 1 rings (SSSR count). The molecule has 1 aromatic carbocycles. The number of nitrogens with zero attached hydrogens (tertiary/aromatic N) is 1. The van der Waals surface area contributed by atoms with Crippen LogP contribution in [0.2, 0.25) is 0 Å². The lowest BCUT2D eigenvalue weighted by molar-refractivity contribution is 0.0697. The van der Waals surface area contributed by atoms with E-state index >= 15 is 0 Å². The summed E-state index contributed by atoms with van der Waals surface area (Å²) in [7, 11) is 0. The fourth-order valence-electron chi connectivity index (χ4n) is 1.65. The zero-order valence-electron chi connectivity index (χ0n) is 10.9. The Labute approximate surface area is 108 Å². The maximum atomic E-state index is 11.0. The first-order valence-corrected chi connectivity index (χ1v) is 5.70. The Morgan fingerprint density at radius 3 is 2.17 bits per heavy atom. The fourth-order valence-corrected chi connectivity index (χ4v) is 1.65. The third-order valence-electron chi connectivity index (χ3n) is 2.49. The molecule has 0 heterocycles. The number of anilines is 1. The Balaban J connectivity index is 0.000000873. The van der Waals surface area contributed by atoms with Crippen molar-refractivity contribution in [3.8, 4) is 0 Å². The number of carbonyl (C=O) groups is 1. The van der Waals surface area contributed by atoms with Crippen molar-refractivity contribution in [2.45, 2.75) is 20.8 Å². The number of aromatic carboxylic acids is 1. The lowest BCUT2D eigenvalue weighted by atomic mass is 10.1. The van der Waals surface area contributed by atoms with Crippen molar-refractivity contribution in [2.24, 2.45) is 0 Å². The smallest absolute Gasteiger partial charge is 0.478 e. The highest BCUT2D eigenvalue weighted by Crippen LogP contribution is 2.22. The molecular formula is C12H19BNO4. The van der Waals surface area contributed by atoms with Crippen molar-refractivity contribution < 1.29 is 19.9 Å². The van der Waals surface area contributed by atoms with Crippen LogP contribution in [0, 0.1) is 6.92 Å². The first-order chi connectivity index (χ1) is 8.51. The zero-order valence-corrected chi connectivity index (χ0v) is 10.9. The van der Waals surface area contributed by atoms with Crippen LogP contribution >= 0.6 is 0 Å². The van der Waals surface area contributed by atoms with E-state index < -0.39 is 5.97 Å². The monoisotopic (exact) mass is 252 g/mol. The molecule has 0 saturated heterocycles. The van der Waals surface area contributed by atoms with Crippen LogP contribution in [0.3, 0.4) is 0 Å². The van der Waals surface area contributed by atoms with Gasteiger partial charge in [0.2, 0.25) is 0 Å². The molecule has 0 spiro atoms. The molecule has 1 aromatic rings. The Morgan fingerprint density at radius 1 is 1.28 bits per heavy atom. The lowest BCUT2D eigenvalue weighted by Gasteiger charge is -2.23. The maximum Gasteiger partial charge on any atom is 0.482 e. The molecule has 1 radical (unpaired) electrons. The van der Waals surface area contributed by atoms with E-state index in [0.717, 1.165) is 24.3 Å². The van der Waals surface area contributed by atoms with Crippen LogP contribution in [0.4, 0.5) is 5.69 Å². The van der Waals surface area contributed by atoms with Crippen LogP contribution in [-0.2, 0) is 0 Å². The number of benzene rings is 1. The quantitative estimate of drug-likeness (QED) is 0.697. The van der Waals surface area contributed by atoms with E-state index in [1.54, 1.807) is 6.07 Å². The van der Waals surface area contributed by atoms with E-state index in [2.05, 4.69) is 4.90 Å². The SMILES string of the molecule is CCN(CC)c1cc(C)ccc1C(=O)O.O[B]O. The van der Waals surface area contributed by atoms with Gasteiger partial charge in [0, 0.05) is 13.1 Å². The summed E-state index contributed by atoms with van der Waals surface area (Å²) in [5.74, 6) is -0.864. The number of carboxylic acids is 1. The summed E-state index contributed by atoms with van der Waals surface area (Å²) in [5.41, 5.74) is 2.28. The lowest BCUT2D eigenvalue weighted by Crippen LogP contribution is -2.24. The van der Waals surface area contributed by atoms with E-state index in [9.17, 15) is 4.79 Å². The first-order valence-electron chi connectivity index (χ1n) is 5.70. The topological polar surface area (TPSA) is 81.0 Å². The second-order valence-electron chi connectivity index (χ2n) is 3.61. The standard InChI is InChI=1S/C12H17NO2.BH2O2/c1-4-13(5-2)11-8-9(3)6-7-10(11)12(14)15;2-1-3/h6-8H,4-5H2,1-3H3,(H,14,15);2-3H. The highest BCUT2D eigenvalue weighted by Gasteiger charge is 2.13. The van der Waals surface area contributed by atoms with Gasteiger partial charge in [-0.25, -0.2) is 4.79 Å². The molecule has 0 aromatic heterocycles. The number of hydrogen-bond donors (Lipinski definition) is 3. The summed E-state index contributed by atoms with van der Waals surface area (Å²) in [4.78, 5) is 13.1. The van der Waals surface area contributed by atoms with Gasteiger partial charge in [-0.15, -0.1) is 0 Å². The molecule has 0 fully saturated rings. The largest absolute Gasteiger partial charge is 0.482 e. The van der Waals surface area contributed by atoms with Gasteiger partial charge in [0.15, 0.2) is 0 Å². The number of aryl methyl sites for hydroxylation is 1. The van der Waals surface area contributed by atoms with Crippen molar-refractivity contribution >= 4 is 19.3 Å². The molecule has 0 saturated carbocycles. The van der Waals surface area contributed by atoms with Gasteiger partial charge >= 0.3 is 13.7 Å². The molecule has 18 heavy (non-hydrogen) atoms. The Bertz CT molecular complexity index is 380. The van der Waals surface area contributed by atoms with Gasteiger partial charge in [0.25, 0.3) is 0 Å². The van der Waals surface area contributed by atoms with E-state index in [1.165, 1.54) is 0 Å². The van der Waals surface area contributed by atoms with Crippen LogP contribution in [0.15, 0.2) is 18.2 Å². The van der Waals surface area contributed by atoms with Crippen LogP contribution in [0.25, 0.3) is 0 Å². The minimum atomic E-state index is -0.864. The summed E-state index contributed by atoms with van der Waals surface area (Å²) >= 11 is 0. The predicted octanol–water partition coefficient (Wildman–Crippen LogP) is 1.04. The Morgan fingerprint density at radius 2 is 1.78 bits per heavy atom. The van der Waals surface area contributed by atoms with Gasteiger partial charge in [-0.05, 0) is 38.5 Å². The first kappa shape index (κ1) is 16.5. The molecule has 0 amide bonds. The van der Waals surface area contributed by atoms with Crippen LogP contribution in [-0.4, -0.2) is 41.9 Å². The van der Waals surface area contributed by atoms with Gasteiger partial charge in [-0.2, -0.15) is 0 Å². The number of hydrogen-bond acceptors (Lipinski definition) is 4. The third-order valence-corrected chi connectivity index (χ3v) is 2.49. The van der Waals surface area contributed by atoms with Crippen molar-refractivity contribution in [3.63, 3.8) is 0 Å². The van der Waals surface area contributed by atoms with Gasteiger partial charge in [0.05, 0.1) is 11.3 Å². The molecule has 0 unspecified atom stereocenters. The summed E-state index contributed by atoms with van der Waals surface area (Å²) in [6, 6.07) is 5.43. The van der Waals surface area contributed by atoms with Crippen molar-refractivity contribution in [1.29, 1.82) is 0 Å². The molecule has 6 heteroatoms. The van der Waals surface area contributed by atoms with Crippen LogP contribution < -0.4 is 4.90 Å². The fraction of sp³-hybridized carbons (Fsp3) is 0.417. The van der Waals surface area contributed by atoms with E-state index in [1.807, 2.05) is 32.9 Å². The Kier molecular flexibility index (Phi) is 7.82. The minimum absolute atomic E-state index is 0. The van der Waals surface area contributed by atoms with Crippen molar-refractivity contribution in [2.75, 3.05) is 18.0 Å². The van der Waals surface area contributed by atoms with Crippen molar-refractivity contribution in [1.82, 2.24) is 0 Å². The van der Waals surface area contributed by atoms with E-state index in [-0.39, 0.29) is 7.69 Å². The van der Waals surface area contributed by atoms with Gasteiger partial charge in [-0.3, -0.25) is 0 Å². The molecule has 0 aliphatic heterocycles. The zero-order chi connectivity index (χ0) is 14.1. The van der Waals surface area contributed by atoms with Crippen LogP contribution in [0.5, 0.6) is 0 Å². The molecular weight excluding hydrogens is 233 g/mol.